The van der Waals surface area contributed by atoms with Crippen molar-refractivity contribution in [2.75, 3.05) is 0 Å². The van der Waals surface area contributed by atoms with Crippen LogP contribution in [0.3, 0.4) is 0 Å². The number of rotatable bonds is 0. The zero-order valence-corrected chi connectivity index (χ0v) is 24.7. The van der Waals surface area contributed by atoms with Crippen LogP contribution in [0.2, 0.25) is 0 Å². The van der Waals surface area contributed by atoms with E-state index in [-0.39, 0.29) is 17.4 Å². The molecule has 0 fully saturated rings. The molecule has 0 spiro atoms. The van der Waals surface area contributed by atoms with Crippen LogP contribution in [0.4, 0.5) is 0 Å². The van der Waals surface area contributed by atoms with E-state index in [9.17, 15) is 0 Å². The van der Waals surface area contributed by atoms with E-state index in [2.05, 4.69) is 0 Å². The molecule has 0 rings (SSSR count). The van der Waals surface area contributed by atoms with E-state index in [1.54, 1.807) is 0 Å². The predicted molar refractivity (Wildman–Crippen MR) is 46.9 cm³/mol. The maximum atomic E-state index is 8.88. The van der Waals surface area contributed by atoms with Crippen molar-refractivity contribution in [2.24, 2.45) is 0 Å². The van der Waals surface area contributed by atoms with E-state index in [0.29, 0.717) is 0 Å². The molecular formula is H9CrO21P3W3. The fourth-order valence-corrected chi connectivity index (χ4v) is 0. The van der Waals surface area contributed by atoms with Crippen molar-refractivity contribution in [3.8, 4) is 0 Å². The van der Waals surface area contributed by atoms with Gasteiger partial charge in [0.15, 0.2) is 0 Å². The monoisotopic (exact) mass is 1040 g/mol. The van der Waals surface area contributed by atoms with Crippen molar-refractivity contribution in [2.45, 2.75) is 0 Å². The molecule has 1 radical (unpaired) electrons. The first-order chi connectivity index (χ1) is 11.2. The number of hydrogen-bond acceptors (Lipinski definition) is 12. The van der Waals surface area contributed by atoms with Crippen LogP contribution < -0.4 is 11.3 Å². The van der Waals surface area contributed by atoms with E-state index >= 15 is 0 Å². The third kappa shape index (κ3) is 7560. The SMILES string of the molecule is O=P(O)(O)O.O=P(O)(O)O.O=P(O)(O)O.[Cr+3].[O]=[W](=[O])[O-].[O]=[W](=[O])[O-].[O]=[W](=[O])[O-]. The van der Waals surface area contributed by atoms with Gasteiger partial charge in [-0.2, -0.15) is 0 Å². The van der Waals surface area contributed by atoms with Gasteiger partial charge in [0.05, 0.1) is 0 Å². The first kappa shape index (κ1) is 47.4. The predicted octanol–water partition coefficient (Wildman–Crippen LogP) is -7.08. The van der Waals surface area contributed by atoms with Crippen LogP contribution in [0, 0.1) is 0 Å². The molecule has 174 valence electrons. The minimum atomic E-state index is -4.64. The molecule has 0 heterocycles. The van der Waals surface area contributed by atoms with Crippen molar-refractivity contribution in [3.05, 3.63) is 0 Å². The van der Waals surface area contributed by atoms with Crippen LogP contribution in [0.5, 0.6) is 0 Å². The third-order valence-corrected chi connectivity index (χ3v) is 0. The van der Waals surface area contributed by atoms with Crippen molar-refractivity contribution in [3.63, 3.8) is 0 Å². The molecule has 28 heteroatoms. The van der Waals surface area contributed by atoms with Gasteiger partial charge >= 0.3 is 125 Å². The fourth-order valence-electron chi connectivity index (χ4n) is 0. The molecule has 0 aromatic carbocycles. The summed E-state index contributed by atoms with van der Waals surface area (Å²) in [6, 6.07) is 0. The van der Waals surface area contributed by atoms with Crippen molar-refractivity contribution in [1.82, 2.24) is 0 Å². The average Bonchev–Trinajstić information content (AvgIpc) is 2.01. The van der Waals surface area contributed by atoms with Crippen LogP contribution in [0.15, 0.2) is 0 Å². The summed E-state index contributed by atoms with van der Waals surface area (Å²) in [5, 5.41) is 0. The quantitative estimate of drug-likeness (QED) is 0.102. The van der Waals surface area contributed by atoms with Gasteiger partial charge in [0.1, 0.15) is 0 Å². The zero-order valence-electron chi connectivity index (χ0n) is 11.9. The summed E-state index contributed by atoms with van der Waals surface area (Å²) in [5.41, 5.74) is 0. The Balaban J connectivity index is -0.0000000377. The van der Waals surface area contributed by atoms with Crippen molar-refractivity contribution < 1.29 is 160 Å². The van der Waals surface area contributed by atoms with Crippen LogP contribution in [-0.4, -0.2) is 44.0 Å². The molecule has 0 bridgehead atoms. The molecule has 0 aromatic heterocycles. The summed E-state index contributed by atoms with van der Waals surface area (Å²) in [5.74, 6) is 0. The molecular weight excluding hydrogens is 1030 g/mol. The Labute approximate surface area is 182 Å². The van der Waals surface area contributed by atoms with E-state index < -0.39 is 76.3 Å². The maximum absolute atomic E-state index is 8.88. The summed E-state index contributed by atoms with van der Waals surface area (Å²) in [6.07, 6.45) is 0. The van der Waals surface area contributed by atoms with Gasteiger partial charge in [-0.3, -0.25) is 0 Å². The van der Waals surface area contributed by atoms with Gasteiger partial charge in [0.25, 0.3) is 0 Å². The first-order valence-corrected chi connectivity index (χ1v) is 19.3. The second kappa shape index (κ2) is 26.6. The molecule has 0 unspecified atom stereocenters. The van der Waals surface area contributed by atoms with Gasteiger partial charge in [-0.05, 0) is 0 Å². The Bertz CT molecular complexity index is 532. The molecule has 0 aliphatic heterocycles. The standard InChI is InChI=1S/Cr.3H3O4P.9O.3W/c;3*1-5(2,3)4;;;;;;;;;;;;/h;3*(H3,1,2,3,4);;;;;;;;;;;;/q+3;;;;;;;;;;3*-1;;;. The van der Waals surface area contributed by atoms with Gasteiger partial charge in [0.2, 0.25) is 0 Å². The summed E-state index contributed by atoms with van der Waals surface area (Å²) in [6.45, 7) is 0. The van der Waals surface area contributed by atoms with Crippen LogP contribution >= 0.6 is 23.5 Å². The Hall–Kier alpha value is 1.61. The number of phosphoric acid groups is 3. The summed E-state index contributed by atoms with van der Waals surface area (Å²) >= 11 is -12.8. The molecule has 0 aliphatic carbocycles. The van der Waals surface area contributed by atoms with Crippen molar-refractivity contribution in [1.29, 1.82) is 0 Å². The normalized spacial score (nSPS) is 9.00. The zero-order chi connectivity index (χ0) is 24.2. The van der Waals surface area contributed by atoms with Gasteiger partial charge in [-0.25, -0.2) is 13.7 Å². The Morgan fingerprint density at radius 3 is 0.429 bits per heavy atom. The topological polar surface area (TPSA) is 405 Å². The van der Waals surface area contributed by atoms with Gasteiger partial charge in [-0.1, -0.05) is 0 Å². The summed E-state index contributed by atoms with van der Waals surface area (Å²) < 4.78 is 104. The molecule has 0 atom stereocenters. The first-order valence-electron chi connectivity index (χ1n) is 3.85. The summed E-state index contributed by atoms with van der Waals surface area (Å²) in [4.78, 5) is 64.7. The van der Waals surface area contributed by atoms with E-state index in [1.165, 1.54) is 0 Å². The fraction of sp³-hybridized carbons (Fsp3) is 0. The van der Waals surface area contributed by atoms with Crippen molar-refractivity contribution >= 4 is 23.5 Å². The average molecular weight is 1040 g/mol. The van der Waals surface area contributed by atoms with Gasteiger partial charge in [-0.15, -0.1) is 0 Å². The summed E-state index contributed by atoms with van der Waals surface area (Å²) in [7, 11) is -13.9. The Morgan fingerprint density at radius 1 is 0.429 bits per heavy atom. The van der Waals surface area contributed by atoms with E-state index in [0.717, 1.165) is 0 Å². The molecule has 0 saturated carbocycles. The minimum absolute atomic E-state index is 0. The second-order valence-corrected chi connectivity index (χ2v) is 9.63. The molecule has 0 aromatic rings. The Morgan fingerprint density at radius 2 is 0.429 bits per heavy atom. The van der Waals surface area contributed by atoms with Gasteiger partial charge < -0.3 is 44.0 Å². The third-order valence-electron chi connectivity index (χ3n) is 0. The molecule has 0 saturated heterocycles. The van der Waals surface area contributed by atoms with Crippen LogP contribution in [-0.2, 0) is 104 Å². The van der Waals surface area contributed by atoms with E-state index in [4.69, 9.17) is 89.4 Å². The molecule has 0 aliphatic rings. The molecule has 0 amide bonds. The Kier molecular flexibility index (Phi) is 45.1. The van der Waals surface area contributed by atoms with E-state index in [1.807, 2.05) is 0 Å². The number of hydrogen-bond donors (Lipinski definition) is 9. The molecule has 9 N–H and O–H groups in total. The van der Waals surface area contributed by atoms with Crippen LogP contribution in [0.1, 0.15) is 0 Å². The molecule has 28 heavy (non-hydrogen) atoms. The second-order valence-electron chi connectivity index (χ2n) is 2.15. The van der Waals surface area contributed by atoms with Crippen LogP contribution in [0.25, 0.3) is 0 Å². The van der Waals surface area contributed by atoms with Gasteiger partial charge in [0, 0.05) is 0 Å². The molecule has 21 nitrogen and oxygen atoms in total.